The van der Waals surface area contributed by atoms with Gasteiger partial charge in [0, 0.05) is 0 Å². The topological polar surface area (TPSA) is 55.6 Å². The van der Waals surface area contributed by atoms with Gasteiger partial charge in [0.2, 0.25) is 0 Å². The van der Waals surface area contributed by atoms with Gasteiger partial charge in [-0.15, -0.1) is 5.06 Å². The van der Waals surface area contributed by atoms with Gasteiger partial charge in [-0.05, 0) is 52.0 Å². The average Bonchev–Trinajstić information content (AvgIpc) is 2.34. The number of piperidine rings is 1. The molecule has 0 bridgehead atoms. The van der Waals surface area contributed by atoms with Crippen LogP contribution in [0.25, 0.3) is 0 Å². The van der Waals surface area contributed by atoms with E-state index in [-0.39, 0.29) is 11.1 Å². The van der Waals surface area contributed by atoms with Gasteiger partial charge in [0.25, 0.3) is 0 Å². The summed E-state index contributed by atoms with van der Waals surface area (Å²) in [5, 5.41) is 1.77. The van der Waals surface area contributed by atoms with Gasteiger partial charge in [0.15, 0.2) is 0 Å². The Balaban J connectivity index is 2.28. The summed E-state index contributed by atoms with van der Waals surface area (Å²) in [6.45, 7) is 8.36. The molecule has 4 nitrogen and oxygen atoms in total. The Morgan fingerprint density at radius 2 is 1.65 bits per heavy atom. The van der Waals surface area contributed by atoms with Gasteiger partial charge >= 0.3 is 6.09 Å². The molecule has 1 aromatic rings. The predicted molar refractivity (Wildman–Crippen MR) is 79.1 cm³/mol. The number of nitrogens with two attached hydrogens (primary N) is 1. The highest BCUT2D eigenvalue weighted by Gasteiger charge is 2.48. The Morgan fingerprint density at radius 3 is 2.10 bits per heavy atom. The first-order valence-electron chi connectivity index (χ1n) is 7.05. The zero-order valence-corrected chi connectivity index (χ0v) is 12.7. The van der Waals surface area contributed by atoms with Crippen LogP contribution in [-0.4, -0.2) is 22.2 Å². The van der Waals surface area contributed by atoms with Crippen molar-refractivity contribution in [2.75, 3.05) is 0 Å². The van der Waals surface area contributed by atoms with Crippen LogP contribution in [0.4, 0.5) is 4.79 Å². The smallest absolute Gasteiger partial charge is 0.350 e. The van der Waals surface area contributed by atoms with E-state index in [1.165, 1.54) is 5.56 Å². The van der Waals surface area contributed by atoms with Crippen molar-refractivity contribution in [2.24, 2.45) is 5.73 Å². The van der Waals surface area contributed by atoms with Gasteiger partial charge < -0.3 is 10.6 Å². The molecule has 1 amide bonds. The number of benzene rings is 1. The van der Waals surface area contributed by atoms with Crippen molar-refractivity contribution in [3.8, 4) is 0 Å². The Morgan fingerprint density at radius 1 is 1.15 bits per heavy atom. The third-order valence-corrected chi connectivity index (χ3v) is 4.04. The number of carbonyl (C=O) groups excluding carboxylic acids is 1. The summed E-state index contributed by atoms with van der Waals surface area (Å²) in [5.41, 5.74) is 6.04. The molecule has 20 heavy (non-hydrogen) atoms. The van der Waals surface area contributed by atoms with Gasteiger partial charge in [0.1, 0.15) is 0 Å². The molecule has 4 heteroatoms. The molecule has 0 aliphatic carbocycles. The Hall–Kier alpha value is -1.55. The second-order valence-corrected chi connectivity index (χ2v) is 6.85. The maximum atomic E-state index is 11.2. The Labute approximate surface area is 120 Å². The zero-order valence-electron chi connectivity index (χ0n) is 12.7. The van der Waals surface area contributed by atoms with E-state index >= 15 is 0 Å². The van der Waals surface area contributed by atoms with E-state index < -0.39 is 6.09 Å². The molecule has 2 N–H and O–H groups in total. The average molecular weight is 276 g/mol. The molecule has 1 aliphatic rings. The van der Waals surface area contributed by atoms with Crippen molar-refractivity contribution in [3.63, 3.8) is 0 Å². The molecule has 1 heterocycles. The second kappa shape index (κ2) is 5.09. The fraction of sp³-hybridized carbons (Fsp3) is 0.562. The first-order chi connectivity index (χ1) is 9.22. The summed E-state index contributed by atoms with van der Waals surface area (Å²) in [6, 6.07) is 10.5. The van der Waals surface area contributed by atoms with E-state index in [0.29, 0.717) is 5.92 Å². The van der Waals surface area contributed by atoms with Crippen LogP contribution in [0, 0.1) is 0 Å². The van der Waals surface area contributed by atoms with Gasteiger partial charge in [-0.1, -0.05) is 30.3 Å². The molecule has 2 rings (SSSR count). The first kappa shape index (κ1) is 14.9. The van der Waals surface area contributed by atoms with Crippen molar-refractivity contribution >= 4 is 6.09 Å². The van der Waals surface area contributed by atoms with Crippen LogP contribution in [0.3, 0.4) is 0 Å². The van der Waals surface area contributed by atoms with Crippen molar-refractivity contribution in [3.05, 3.63) is 35.9 Å². The second-order valence-electron chi connectivity index (χ2n) is 6.85. The van der Waals surface area contributed by atoms with Crippen LogP contribution < -0.4 is 5.73 Å². The lowest BCUT2D eigenvalue weighted by molar-refractivity contribution is -0.240. The van der Waals surface area contributed by atoms with Gasteiger partial charge in [-0.25, -0.2) is 4.79 Å². The third kappa shape index (κ3) is 2.96. The van der Waals surface area contributed by atoms with Crippen LogP contribution >= 0.6 is 0 Å². The molecule has 0 spiro atoms. The summed E-state index contributed by atoms with van der Waals surface area (Å²) in [4.78, 5) is 16.4. The van der Waals surface area contributed by atoms with Crippen molar-refractivity contribution in [1.29, 1.82) is 0 Å². The van der Waals surface area contributed by atoms with E-state index in [9.17, 15) is 4.79 Å². The van der Waals surface area contributed by atoms with Crippen LogP contribution in [0.2, 0.25) is 0 Å². The van der Waals surface area contributed by atoms with Gasteiger partial charge in [-0.2, -0.15) is 0 Å². The molecule has 0 saturated carbocycles. The molecule has 1 saturated heterocycles. The maximum absolute atomic E-state index is 11.2. The highest BCUT2D eigenvalue weighted by atomic mass is 16.7. The van der Waals surface area contributed by atoms with Crippen LogP contribution in [0.5, 0.6) is 0 Å². The summed E-state index contributed by atoms with van der Waals surface area (Å²) in [5.74, 6) is 0.453. The lowest BCUT2D eigenvalue weighted by atomic mass is 9.73. The standard InChI is InChI=1S/C16H24N2O2/c1-15(2)10-13(12-8-6-5-7-9-12)11-16(3,4)18(15)20-14(17)19/h5-9,13H,10-11H2,1-4H3,(H2,17,19). The number of amides is 1. The molecule has 1 fully saturated rings. The number of hydrogen-bond acceptors (Lipinski definition) is 3. The molecule has 1 aliphatic heterocycles. The van der Waals surface area contributed by atoms with E-state index in [1.807, 2.05) is 6.07 Å². The summed E-state index contributed by atoms with van der Waals surface area (Å²) >= 11 is 0. The molecular weight excluding hydrogens is 252 g/mol. The molecule has 0 unspecified atom stereocenters. The van der Waals surface area contributed by atoms with Crippen molar-refractivity contribution in [1.82, 2.24) is 5.06 Å². The number of carbonyl (C=O) groups is 1. The predicted octanol–water partition coefficient (Wildman–Crippen LogP) is 3.43. The van der Waals surface area contributed by atoms with Crippen LogP contribution in [0.1, 0.15) is 52.0 Å². The number of hydroxylamine groups is 2. The molecule has 0 atom stereocenters. The van der Waals surface area contributed by atoms with Crippen LogP contribution in [-0.2, 0) is 4.84 Å². The van der Waals surface area contributed by atoms with E-state index in [2.05, 4.69) is 52.0 Å². The van der Waals surface area contributed by atoms with E-state index in [1.54, 1.807) is 5.06 Å². The van der Waals surface area contributed by atoms with E-state index in [4.69, 9.17) is 10.6 Å². The number of nitrogens with zero attached hydrogens (tertiary/aromatic N) is 1. The zero-order chi connectivity index (χ0) is 15.0. The third-order valence-electron chi connectivity index (χ3n) is 4.04. The summed E-state index contributed by atoms with van der Waals surface area (Å²) in [6.07, 6.45) is 1.10. The summed E-state index contributed by atoms with van der Waals surface area (Å²) < 4.78 is 0. The van der Waals surface area contributed by atoms with E-state index in [0.717, 1.165) is 12.8 Å². The SMILES string of the molecule is CC1(C)CC(c2ccccc2)CC(C)(C)N1OC(N)=O. The lowest BCUT2D eigenvalue weighted by Gasteiger charge is -2.52. The highest BCUT2D eigenvalue weighted by molar-refractivity contribution is 5.64. The fourth-order valence-electron chi connectivity index (χ4n) is 3.56. The molecule has 1 aromatic carbocycles. The lowest BCUT2D eigenvalue weighted by Crippen LogP contribution is -2.60. The molecule has 110 valence electrons. The van der Waals surface area contributed by atoms with Gasteiger partial charge in [-0.3, -0.25) is 0 Å². The Kier molecular flexibility index (Phi) is 3.78. The quantitative estimate of drug-likeness (QED) is 0.900. The first-order valence-corrected chi connectivity index (χ1v) is 7.05. The number of primary amides is 1. The highest BCUT2D eigenvalue weighted by Crippen LogP contribution is 2.45. The number of rotatable bonds is 2. The monoisotopic (exact) mass is 276 g/mol. The molecule has 0 radical (unpaired) electrons. The van der Waals surface area contributed by atoms with Crippen molar-refractivity contribution < 1.29 is 9.63 Å². The van der Waals surface area contributed by atoms with Crippen LogP contribution in [0.15, 0.2) is 30.3 Å². The minimum Gasteiger partial charge on any atom is -0.350 e. The fourth-order valence-corrected chi connectivity index (χ4v) is 3.56. The normalized spacial score (nSPS) is 22.4. The molecule has 0 aromatic heterocycles. The summed E-state index contributed by atoms with van der Waals surface area (Å²) in [7, 11) is 0. The Bertz CT molecular complexity index is 465. The largest absolute Gasteiger partial charge is 0.423 e. The number of hydrogen-bond donors (Lipinski definition) is 1. The minimum atomic E-state index is -0.746. The van der Waals surface area contributed by atoms with Gasteiger partial charge in [0.05, 0.1) is 11.1 Å². The molecular formula is C16H24N2O2. The maximum Gasteiger partial charge on any atom is 0.423 e. The minimum absolute atomic E-state index is 0.253. The van der Waals surface area contributed by atoms with Crippen molar-refractivity contribution in [2.45, 2.75) is 57.5 Å².